The fourth-order valence-electron chi connectivity index (χ4n) is 2.24. The van der Waals surface area contributed by atoms with Crippen molar-refractivity contribution in [3.8, 4) is 29.3 Å². The summed E-state index contributed by atoms with van der Waals surface area (Å²) in [5, 5.41) is 27.2. The highest BCUT2D eigenvalue weighted by molar-refractivity contribution is 7.99. The van der Waals surface area contributed by atoms with E-state index in [9.17, 15) is 5.26 Å². The van der Waals surface area contributed by atoms with E-state index in [0.717, 1.165) is 22.3 Å². The third-order valence-corrected chi connectivity index (χ3v) is 4.71. The number of hydrogen-bond donors (Lipinski definition) is 0. The fourth-order valence-corrected chi connectivity index (χ4v) is 3.25. The molecule has 0 saturated carbocycles. The third kappa shape index (κ3) is 4.85. The highest BCUT2D eigenvalue weighted by atomic mass is 32.2. The Hall–Kier alpha value is -2.77. The highest BCUT2D eigenvalue weighted by Crippen LogP contribution is 2.27. The zero-order valence-electron chi connectivity index (χ0n) is 14.1. The summed E-state index contributed by atoms with van der Waals surface area (Å²) < 4.78 is 7.15. The van der Waals surface area contributed by atoms with Crippen LogP contribution in [0.5, 0.6) is 5.75 Å². The van der Waals surface area contributed by atoms with Crippen molar-refractivity contribution in [3.05, 3.63) is 36.9 Å². The lowest BCUT2D eigenvalue weighted by Gasteiger charge is -2.09. The van der Waals surface area contributed by atoms with Crippen molar-refractivity contribution < 1.29 is 4.74 Å². The zero-order valence-corrected chi connectivity index (χ0v) is 14.9. The Labute approximate surface area is 151 Å². The molecule has 0 aliphatic heterocycles. The first-order valence-electron chi connectivity index (χ1n) is 7.81. The summed E-state index contributed by atoms with van der Waals surface area (Å²) in [5.74, 6) is 1.93. The first-order valence-corrected chi connectivity index (χ1v) is 8.80. The molecule has 1 aromatic carbocycles. The Balaban J connectivity index is 2.19. The minimum absolute atomic E-state index is 0.178. The van der Waals surface area contributed by atoms with Crippen molar-refractivity contribution in [3.63, 3.8) is 0 Å². The average Bonchev–Trinajstić information content (AvgIpc) is 3.05. The summed E-state index contributed by atoms with van der Waals surface area (Å²) in [6.45, 7) is 4.37. The van der Waals surface area contributed by atoms with Crippen molar-refractivity contribution in [1.82, 2.24) is 14.8 Å². The van der Waals surface area contributed by atoms with Crippen LogP contribution in [-0.2, 0) is 6.54 Å². The van der Waals surface area contributed by atoms with E-state index in [-0.39, 0.29) is 5.92 Å². The first-order chi connectivity index (χ1) is 12.2. The largest absolute Gasteiger partial charge is 0.497 e. The Morgan fingerprint density at radius 3 is 2.68 bits per heavy atom. The van der Waals surface area contributed by atoms with Gasteiger partial charge < -0.3 is 4.74 Å². The number of thioether (sulfide) groups is 1. The van der Waals surface area contributed by atoms with Crippen molar-refractivity contribution in [2.24, 2.45) is 5.92 Å². The van der Waals surface area contributed by atoms with Gasteiger partial charge in [0.1, 0.15) is 5.75 Å². The van der Waals surface area contributed by atoms with Crippen LogP contribution in [0.2, 0.25) is 0 Å². The number of aromatic nitrogens is 3. The van der Waals surface area contributed by atoms with Gasteiger partial charge in [0, 0.05) is 24.3 Å². The summed E-state index contributed by atoms with van der Waals surface area (Å²) in [5.41, 5.74) is 0.934. The predicted octanol–water partition coefficient (Wildman–Crippen LogP) is 3.68. The quantitative estimate of drug-likeness (QED) is 0.505. The lowest BCUT2D eigenvalue weighted by atomic mass is 10.1. The van der Waals surface area contributed by atoms with Crippen LogP contribution in [0.4, 0.5) is 0 Å². The van der Waals surface area contributed by atoms with E-state index in [1.54, 1.807) is 13.2 Å². The molecule has 7 heteroatoms. The third-order valence-electron chi connectivity index (χ3n) is 3.58. The molecule has 1 aromatic heterocycles. The second kappa shape index (κ2) is 9.51. The molecule has 0 aliphatic rings. The van der Waals surface area contributed by atoms with Gasteiger partial charge in [0.2, 0.25) is 0 Å². The Bertz CT molecular complexity index is 785. The van der Waals surface area contributed by atoms with Gasteiger partial charge in [-0.05, 0) is 30.7 Å². The van der Waals surface area contributed by atoms with Crippen molar-refractivity contribution in [2.75, 3.05) is 12.9 Å². The number of nitriles is 2. The molecule has 0 aliphatic carbocycles. The minimum atomic E-state index is -0.178. The summed E-state index contributed by atoms with van der Waals surface area (Å²) in [6.07, 6.45) is 2.74. The smallest absolute Gasteiger partial charge is 0.191 e. The first kappa shape index (κ1) is 18.6. The van der Waals surface area contributed by atoms with E-state index in [2.05, 4.69) is 28.9 Å². The molecule has 2 aromatic rings. The molecule has 0 radical (unpaired) electrons. The topological polar surface area (TPSA) is 87.5 Å². The molecule has 0 amide bonds. The van der Waals surface area contributed by atoms with Gasteiger partial charge in [0.15, 0.2) is 11.0 Å². The van der Waals surface area contributed by atoms with Crippen LogP contribution in [0.1, 0.15) is 12.8 Å². The molecule has 1 heterocycles. The molecule has 25 heavy (non-hydrogen) atoms. The van der Waals surface area contributed by atoms with Crippen LogP contribution in [0.3, 0.4) is 0 Å². The lowest BCUT2D eigenvalue weighted by molar-refractivity contribution is 0.415. The van der Waals surface area contributed by atoms with Crippen molar-refractivity contribution in [1.29, 1.82) is 10.5 Å². The van der Waals surface area contributed by atoms with E-state index in [4.69, 9.17) is 10.00 Å². The monoisotopic (exact) mass is 353 g/mol. The summed E-state index contributed by atoms with van der Waals surface area (Å²) in [4.78, 5) is 0. The van der Waals surface area contributed by atoms with Gasteiger partial charge in [-0.25, -0.2) is 0 Å². The van der Waals surface area contributed by atoms with Crippen LogP contribution in [0.25, 0.3) is 11.4 Å². The zero-order chi connectivity index (χ0) is 18.1. The number of nitrogens with zero attached hydrogens (tertiary/aromatic N) is 5. The SMILES string of the molecule is C=CCn1c(SCC(C#N)CCC#N)nnc1-c1ccc(OC)cc1. The van der Waals surface area contributed by atoms with Crippen LogP contribution in [0.15, 0.2) is 42.1 Å². The molecular formula is C18H19N5OS. The van der Waals surface area contributed by atoms with E-state index in [0.29, 0.717) is 25.1 Å². The number of benzene rings is 1. The lowest BCUT2D eigenvalue weighted by Crippen LogP contribution is -2.04. The minimum Gasteiger partial charge on any atom is -0.497 e. The van der Waals surface area contributed by atoms with Crippen LogP contribution in [-0.4, -0.2) is 27.6 Å². The number of rotatable bonds is 9. The van der Waals surface area contributed by atoms with Gasteiger partial charge in [-0.3, -0.25) is 4.57 Å². The Kier molecular flexibility index (Phi) is 7.06. The maximum Gasteiger partial charge on any atom is 0.191 e. The molecule has 6 nitrogen and oxygen atoms in total. The van der Waals surface area contributed by atoms with Gasteiger partial charge in [-0.1, -0.05) is 17.8 Å². The Morgan fingerprint density at radius 2 is 2.08 bits per heavy atom. The average molecular weight is 353 g/mol. The van der Waals surface area contributed by atoms with Gasteiger partial charge in [0.05, 0.1) is 25.2 Å². The maximum absolute atomic E-state index is 9.19. The normalized spacial score (nSPS) is 11.3. The molecule has 0 spiro atoms. The second-order valence-corrected chi connectivity index (χ2v) is 6.25. The van der Waals surface area contributed by atoms with Crippen molar-refractivity contribution in [2.45, 2.75) is 24.5 Å². The molecule has 0 N–H and O–H groups in total. The second-order valence-electron chi connectivity index (χ2n) is 5.27. The molecule has 0 saturated heterocycles. The maximum atomic E-state index is 9.19. The number of methoxy groups -OCH3 is 1. The van der Waals surface area contributed by atoms with E-state index >= 15 is 0 Å². The van der Waals surface area contributed by atoms with Gasteiger partial charge >= 0.3 is 0 Å². The summed E-state index contributed by atoms with van der Waals surface area (Å²) in [6, 6.07) is 11.9. The molecular weight excluding hydrogens is 334 g/mol. The number of ether oxygens (including phenoxy) is 1. The van der Waals surface area contributed by atoms with Gasteiger partial charge in [0.25, 0.3) is 0 Å². The van der Waals surface area contributed by atoms with Crippen molar-refractivity contribution >= 4 is 11.8 Å². The van der Waals surface area contributed by atoms with E-state index < -0.39 is 0 Å². The number of hydrogen-bond acceptors (Lipinski definition) is 6. The van der Waals surface area contributed by atoms with Crippen LogP contribution >= 0.6 is 11.8 Å². The summed E-state index contributed by atoms with van der Waals surface area (Å²) >= 11 is 1.48. The molecule has 1 unspecified atom stereocenters. The molecule has 128 valence electrons. The molecule has 0 bridgehead atoms. The predicted molar refractivity (Wildman–Crippen MR) is 96.9 cm³/mol. The van der Waals surface area contributed by atoms with E-state index in [1.165, 1.54) is 11.8 Å². The van der Waals surface area contributed by atoms with Crippen LogP contribution in [0, 0.1) is 28.6 Å². The standard InChI is InChI=1S/C18H19N5OS/c1-3-11-23-17(15-6-8-16(24-2)9-7-15)21-22-18(23)25-13-14(12-20)5-4-10-19/h3,6-9,14H,1,4-5,11,13H2,2H3. The van der Waals surface area contributed by atoms with Gasteiger partial charge in [-0.15, -0.1) is 16.8 Å². The Morgan fingerprint density at radius 1 is 1.32 bits per heavy atom. The fraction of sp³-hybridized carbons (Fsp3) is 0.333. The molecule has 2 rings (SSSR count). The summed E-state index contributed by atoms with van der Waals surface area (Å²) in [7, 11) is 1.63. The molecule has 1 atom stereocenters. The van der Waals surface area contributed by atoms with Gasteiger partial charge in [-0.2, -0.15) is 10.5 Å². The number of allylic oxidation sites excluding steroid dienone is 1. The molecule has 0 fully saturated rings. The highest BCUT2D eigenvalue weighted by Gasteiger charge is 2.16. The van der Waals surface area contributed by atoms with E-state index in [1.807, 2.05) is 28.8 Å². The van der Waals surface area contributed by atoms with Crippen LogP contribution < -0.4 is 4.74 Å².